The van der Waals surface area contributed by atoms with Gasteiger partial charge in [-0.25, -0.2) is 14.4 Å². The van der Waals surface area contributed by atoms with Crippen molar-refractivity contribution in [3.05, 3.63) is 28.8 Å². The summed E-state index contributed by atoms with van der Waals surface area (Å²) >= 11 is 6.00. The molecule has 3 amide bonds. The Morgan fingerprint density at radius 1 is 0.875 bits per heavy atom. The number of alkyl carbamates (subject to hydrolysis) is 2. The van der Waals surface area contributed by atoms with Gasteiger partial charge in [-0.05, 0) is 104 Å². The molecule has 10 nitrogen and oxygen atoms in total. The molecule has 0 bridgehead atoms. The fraction of sp³-hybridized carbons (Fsp3) is 0.655. The number of aryl methyl sites for hydroxylation is 1. The SMILES string of the molecule is Cc1cc(Cl)ccc1OC(=O)[C@H](CC(C)C)NC(=O)[C@H](CCCCNC(=O)OC(C)(C)C)NC(=O)OC(C)(C)C. The summed E-state index contributed by atoms with van der Waals surface area (Å²) in [5.41, 5.74) is -0.687. The van der Waals surface area contributed by atoms with Crippen LogP contribution >= 0.6 is 11.6 Å². The topological polar surface area (TPSA) is 132 Å². The predicted octanol–water partition coefficient (Wildman–Crippen LogP) is 5.67. The third-order valence-electron chi connectivity index (χ3n) is 5.25. The van der Waals surface area contributed by atoms with Crippen LogP contribution in [0.25, 0.3) is 0 Å². The number of hydrogen-bond donors (Lipinski definition) is 3. The summed E-state index contributed by atoms with van der Waals surface area (Å²) in [5, 5.41) is 8.55. The highest BCUT2D eigenvalue weighted by atomic mass is 35.5. The lowest BCUT2D eigenvalue weighted by molar-refractivity contribution is -0.140. The highest BCUT2D eigenvalue weighted by Crippen LogP contribution is 2.23. The number of ether oxygens (including phenoxy) is 3. The number of nitrogens with one attached hydrogen (secondary N) is 3. The molecule has 1 aromatic carbocycles. The molecule has 0 saturated heterocycles. The Labute approximate surface area is 243 Å². The van der Waals surface area contributed by atoms with Crippen molar-refractivity contribution in [2.75, 3.05) is 6.54 Å². The van der Waals surface area contributed by atoms with E-state index in [1.54, 1.807) is 66.7 Å². The Bertz CT molecular complexity index is 1020. The second-order valence-corrected chi connectivity index (χ2v) is 12.6. The molecule has 0 aromatic heterocycles. The maximum absolute atomic E-state index is 13.3. The number of halogens is 1. The molecule has 226 valence electrons. The van der Waals surface area contributed by atoms with E-state index >= 15 is 0 Å². The first kappa shape index (κ1) is 35.0. The van der Waals surface area contributed by atoms with Gasteiger partial charge in [0.15, 0.2) is 0 Å². The van der Waals surface area contributed by atoms with Crippen LogP contribution in [0, 0.1) is 12.8 Å². The third kappa shape index (κ3) is 15.0. The summed E-state index contributed by atoms with van der Waals surface area (Å²) in [6, 6.07) is 2.97. The number of amides is 3. The van der Waals surface area contributed by atoms with E-state index in [0.29, 0.717) is 42.1 Å². The standard InChI is InChI=1S/C29H46ClN3O7/c1-18(2)16-22(25(35)38-23-14-13-20(30)17-19(23)3)32-24(34)21(33-27(37)40-29(7,8)9)12-10-11-15-31-26(36)39-28(4,5)6/h13-14,17-18,21-22H,10-12,15-16H2,1-9H3,(H,31,36)(H,32,34)(H,33,37)/t21-,22-/m0/s1. The summed E-state index contributed by atoms with van der Waals surface area (Å²) in [6.07, 6.45) is 0.329. The number of hydrogen-bond acceptors (Lipinski definition) is 7. The van der Waals surface area contributed by atoms with Crippen molar-refractivity contribution >= 4 is 35.7 Å². The van der Waals surface area contributed by atoms with E-state index in [9.17, 15) is 19.2 Å². The Kier molecular flexibility index (Phi) is 13.7. The fourth-order valence-corrected chi connectivity index (χ4v) is 3.79. The molecule has 0 radical (unpaired) electrons. The summed E-state index contributed by atoms with van der Waals surface area (Å²) in [5.74, 6) is -0.745. The van der Waals surface area contributed by atoms with Gasteiger partial charge in [0.05, 0.1) is 0 Å². The minimum absolute atomic E-state index is 0.0698. The normalized spacial score (nSPS) is 13.2. The van der Waals surface area contributed by atoms with Crippen molar-refractivity contribution in [1.82, 2.24) is 16.0 Å². The highest BCUT2D eigenvalue weighted by molar-refractivity contribution is 6.30. The zero-order valence-corrected chi connectivity index (χ0v) is 26.0. The molecule has 11 heteroatoms. The van der Waals surface area contributed by atoms with E-state index in [-0.39, 0.29) is 12.3 Å². The van der Waals surface area contributed by atoms with Gasteiger partial charge in [0.2, 0.25) is 5.91 Å². The highest BCUT2D eigenvalue weighted by Gasteiger charge is 2.30. The Hall–Kier alpha value is -3.01. The smallest absolute Gasteiger partial charge is 0.408 e. The van der Waals surface area contributed by atoms with Crippen LogP contribution in [-0.4, -0.2) is 53.9 Å². The van der Waals surface area contributed by atoms with Gasteiger partial charge in [0.25, 0.3) is 0 Å². The van der Waals surface area contributed by atoms with Gasteiger partial charge in [0.1, 0.15) is 29.0 Å². The number of unbranched alkanes of at least 4 members (excludes halogenated alkanes) is 1. The number of carbonyl (C=O) groups excluding carboxylic acids is 4. The van der Waals surface area contributed by atoms with E-state index in [4.69, 9.17) is 25.8 Å². The molecular weight excluding hydrogens is 538 g/mol. The maximum Gasteiger partial charge on any atom is 0.408 e. The minimum atomic E-state index is -0.976. The van der Waals surface area contributed by atoms with Crippen LogP contribution < -0.4 is 20.7 Å². The van der Waals surface area contributed by atoms with Crippen molar-refractivity contribution in [3.8, 4) is 5.75 Å². The van der Waals surface area contributed by atoms with Crippen LogP contribution in [0.3, 0.4) is 0 Å². The molecule has 0 heterocycles. The lowest BCUT2D eigenvalue weighted by Gasteiger charge is -2.25. The van der Waals surface area contributed by atoms with Gasteiger partial charge in [-0.2, -0.15) is 0 Å². The van der Waals surface area contributed by atoms with Crippen LogP contribution in [-0.2, 0) is 19.1 Å². The third-order valence-corrected chi connectivity index (χ3v) is 5.49. The van der Waals surface area contributed by atoms with Crippen molar-refractivity contribution < 1.29 is 33.4 Å². The van der Waals surface area contributed by atoms with Gasteiger partial charge < -0.3 is 30.2 Å². The van der Waals surface area contributed by atoms with Crippen molar-refractivity contribution in [1.29, 1.82) is 0 Å². The van der Waals surface area contributed by atoms with E-state index in [1.165, 1.54) is 0 Å². The minimum Gasteiger partial charge on any atom is -0.444 e. The number of benzene rings is 1. The van der Waals surface area contributed by atoms with E-state index in [2.05, 4.69) is 16.0 Å². The average molecular weight is 584 g/mol. The second kappa shape index (κ2) is 15.7. The Balaban J connectivity index is 2.92. The lowest BCUT2D eigenvalue weighted by atomic mass is 10.0. The molecule has 40 heavy (non-hydrogen) atoms. The lowest BCUT2D eigenvalue weighted by Crippen LogP contribution is -2.53. The number of esters is 1. The molecule has 0 aliphatic rings. The monoisotopic (exact) mass is 583 g/mol. The summed E-state index contributed by atoms with van der Waals surface area (Å²) in [4.78, 5) is 50.8. The van der Waals surface area contributed by atoms with Gasteiger partial charge in [-0.1, -0.05) is 25.4 Å². The van der Waals surface area contributed by atoms with Gasteiger partial charge >= 0.3 is 18.2 Å². The molecule has 0 spiro atoms. The van der Waals surface area contributed by atoms with Gasteiger partial charge in [-0.3, -0.25) is 4.79 Å². The first-order chi connectivity index (χ1) is 18.4. The van der Waals surface area contributed by atoms with Crippen LogP contribution in [0.2, 0.25) is 5.02 Å². The summed E-state index contributed by atoms with van der Waals surface area (Å²) < 4.78 is 16.1. The molecule has 0 aliphatic heterocycles. The molecule has 0 saturated carbocycles. The predicted molar refractivity (Wildman–Crippen MR) is 154 cm³/mol. The quantitative estimate of drug-likeness (QED) is 0.164. The molecule has 3 N–H and O–H groups in total. The van der Waals surface area contributed by atoms with Crippen LogP contribution in [0.4, 0.5) is 9.59 Å². The Morgan fingerprint density at radius 2 is 1.48 bits per heavy atom. The summed E-state index contributed by atoms with van der Waals surface area (Å²) in [7, 11) is 0. The van der Waals surface area contributed by atoms with Crippen molar-refractivity contribution in [3.63, 3.8) is 0 Å². The zero-order chi connectivity index (χ0) is 30.7. The van der Waals surface area contributed by atoms with Crippen molar-refractivity contribution in [2.24, 2.45) is 5.92 Å². The molecule has 1 rings (SSSR count). The fourth-order valence-electron chi connectivity index (χ4n) is 3.56. The summed E-state index contributed by atoms with van der Waals surface area (Å²) in [6.45, 7) is 16.4. The van der Waals surface area contributed by atoms with Crippen LogP contribution in [0.1, 0.15) is 86.6 Å². The Morgan fingerprint density at radius 3 is 2.02 bits per heavy atom. The largest absolute Gasteiger partial charge is 0.444 e. The molecule has 1 aromatic rings. The van der Waals surface area contributed by atoms with E-state index in [1.807, 2.05) is 13.8 Å². The maximum atomic E-state index is 13.3. The molecular formula is C29H46ClN3O7. The first-order valence-corrected chi connectivity index (χ1v) is 14.0. The molecule has 0 fully saturated rings. The van der Waals surface area contributed by atoms with Crippen LogP contribution in [0.15, 0.2) is 18.2 Å². The van der Waals surface area contributed by atoms with E-state index < -0.39 is 47.3 Å². The number of rotatable bonds is 12. The molecule has 2 atom stereocenters. The zero-order valence-electron chi connectivity index (χ0n) is 25.2. The van der Waals surface area contributed by atoms with Crippen molar-refractivity contribution in [2.45, 2.75) is 111 Å². The second-order valence-electron chi connectivity index (χ2n) is 12.1. The first-order valence-electron chi connectivity index (χ1n) is 13.6. The van der Waals surface area contributed by atoms with Gasteiger partial charge in [0, 0.05) is 11.6 Å². The average Bonchev–Trinajstić information content (AvgIpc) is 2.76. The molecule has 0 aliphatic carbocycles. The molecule has 0 unspecified atom stereocenters. The van der Waals surface area contributed by atoms with Gasteiger partial charge in [-0.15, -0.1) is 0 Å². The number of carbonyl (C=O) groups is 4. The van der Waals surface area contributed by atoms with Crippen LogP contribution in [0.5, 0.6) is 5.75 Å². The van der Waals surface area contributed by atoms with E-state index in [0.717, 1.165) is 0 Å².